The van der Waals surface area contributed by atoms with E-state index in [1.54, 1.807) is 0 Å². The summed E-state index contributed by atoms with van der Waals surface area (Å²) in [5, 5.41) is 23.2. The summed E-state index contributed by atoms with van der Waals surface area (Å²) in [6.07, 6.45) is 76.9. The van der Waals surface area contributed by atoms with Gasteiger partial charge in [0.05, 0.1) is 25.4 Å². The molecule has 0 aromatic rings. The Bertz CT molecular complexity index is 1100. The van der Waals surface area contributed by atoms with E-state index in [2.05, 4.69) is 31.3 Å². The number of aliphatic hydroxyl groups excluding tert-OH is 2. The van der Waals surface area contributed by atoms with Crippen molar-refractivity contribution in [2.24, 2.45) is 0 Å². The molecule has 0 fully saturated rings. The fraction of sp³-hybridized carbons (Fsp3) is 0.940. The summed E-state index contributed by atoms with van der Waals surface area (Å²) in [4.78, 5) is 24.5. The van der Waals surface area contributed by atoms with Gasteiger partial charge in [0.15, 0.2) is 0 Å². The van der Waals surface area contributed by atoms with Crippen molar-refractivity contribution in [1.82, 2.24) is 5.32 Å². The third kappa shape index (κ3) is 59.7. The second-order valence-electron chi connectivity index (χ2n) is 23.2. The Labute approximate surface area is 457 Å². The molecule has 2 atom stereocenters. The summed E-state index contributed by atoms with van der Waals surface area (Å²) in [5.74, 6) is -0.0151. The number of hydrogen-bond acceptors (Lipinski definition) is 5. The maximum absolute atomic E-state index is 12.4. The minimum absolute atomic E-state index is 0.0206. The van der Waals surface area contributed by atoms with Crippen molar-refractivity contribution in [2.45, 2.75) is 392 Å². The summed E-state index contributed by atoms with van der Waals surface area (Å²) in [7, 11) is 0. The molecule has 2 unspecified atom stereocenters. The first-order valence-electron chi connectivity index (χ1n) is 33.4. The van der Waals surface area contributed by atoms with E-state index in [1.165, 1.54) is 308 Å². The van der Waals surface area contributed by atoms with E-state index in [-0.39, 0.29) is 18.5 Å². The lowest BCUT2D eigenvalue weighted by Gasteiger charge is -2.22. The third-order valence-corrected chi connectivity index (χ3v) is 15.8. The number of nitrogens with one attached hydrogen (secondary N) is 1. The van der Waals surface area contributed by atoms with Crippen LogP contribution in [0.25, 0.3) is 0 Å². The van der Waals surface area contributed by atoms with Crippen molar-refractivity contribution in [1.29, 1.82) is 0 Å². The highest BCUT2D eigenvalue weighted by Crippen LogP contribution is 2.18. The molecule has 0 saturated heterocycles. The molecule has 0 radical (unpaired) electrons. The van der Waals surface area contributed by atoms with Crippen molar-refractivity contribution in [3.05, 3.63) is 12.2 Å². The fourth-order valence-corrected chi connectivity index (χ4v) is 10.7. The van der Waals surface area contributed by atoms with E-state index >= 15 is 0 Å². The molecule has 0 spiro atoms. The van der Waals surface area contributed by atoms with Crippen molar-refractivity contribution >= 4 is 11.9 Å². The standard InChI is InChI=1S/C67H131NO5/c1-3-5-7-9-11-13-15-16-17-18-28-32-35-38-41-45-49-53-57-61-67(72)73-62-58-54-50-46-42-39-36-33-30-27-25-23-21-19-20-22-24-26-29-31-34-37-40-44-48-52-56-60-66(71)68-64(63-69)65(70)59-55-51-47-43-14-12-10-8-6-4-2/h19-20,64-65,69-70H,3-18,21-63H2,1-2H3,(H,68,71)/b20-19-. The second kappa shape index (κ2) is 63.1. The van der Waals surface area contributed by atoms with Gasteiger partial charge in [-0.3, -0.25) is 9.59 Å². The molecular formula is C67H131NO5. The Morgan fingerprint density at radius 3 is 0.973 bits per heavy atom. The van der Waals surface area contributed by atoms with Crippen LogP contribution in [0.3, 0.4) is 0 Å². The van der Waals surface area contributed by atoms with Crippen LogP contribution in [0.5, 0.6) is 0 Å². The van der Waals surface area contributed by atoms with Gasteiger partial charge in [-0.1, -0.05) is 328 Å². The van der Waals surface area contributed by atoms with Gasteiger partial charge < -0.3 is 20.3 Å². The number of carbonyl (C=O) groups is 2. The topological polar surface area (TPSA) is 95.9 Å². The zero-order valence-electron chi connectivity index (χ0n) is 49.6. The SMILES string of the molecule is CCCCCCCCCCCCCCCCCCCCCC(=O)OCCCCCCCCCCCCCC/C=C\CCCCCCCCCCCCCC(=O)NC(CO)C(O)CCCCCCCCCCCC. The molecule has 0 saturated carbocycles. The highest BCUT2D eigenvalue weighted by molar-refractivity contribution is 5.76. The van der Waals surface area contributed by atoms with Crippen molar-refractivity contribution in [3.8, 4) is 0 Å². The van der Waals surface area contributed by atoms with Crippen LogP contribution in [0.15, 0.2) is 12.2 Å². The Kier molecular flexibility index (Phi) is 61.9. The molecule has 6 nitrogen and oxygen atoms in total. The first-order valence-corrected chi connectivity index (χ1v) is 33.4. The minimum atomic E-state index is -0.662. The third-order valence-electron chi connectivity index (χ3n) is 15.8. The minimum Gasteiger partial charge on any atom is -0.466 e. The normalized spacial score (nSPS) is 12.5. The average molecular weight is 1030 g/mol. The Balaban J connectivity index is 3.33. The zero-order chi connectivity index (χ0) is 52.9. The molecule has 0 aliphatic rings. The summed E-state index contributed by atoms with van der Waals surface area (Å²) in [6, 6.07) is -0.539. The van der Waals surface area contributed by atoms with Gasteiger partial charge in [0, 0.05) is 12.8 Å². The molecule has 434 valence electrons. The van der Waals surface area contributed by atoms with Crippen LogP contribution >= 0.6 is 0 Å². The number of carbonyl (C=O) groups excluding carboxylic acids is 2. The number of rotatable bonds is 63. The average Bonchev–Trinajstić information content (AvgIpc) is 3.39. The van der Waals surface area contributed by atoms with E-state index in [0.717, 1.165) is 38.5 Å². The molecule has 1 amide bonds. The van der Waals surface area contributed by atoms with Crippen LogP contribution < -0.4 is 5.32 Å². The van der Waals surface area contributed by atoms with Gasteiger partial charge in [-0.15, -0.1) is 0 Å². The van der Waals surface area contributed by atoms with Gasteiger partial charge in [-0.2, -0.15) is 0 Å². The summed E-state index contributed by atoms with van der Waals surface area (Å²) < 4.78 is 5.51. The smallest absolute Gasteiger partial charge is 0.305 e. The maximum atomic E-state index is 12.4. The summed E-state index contributed by atoms with van der Waals surface area (Å²) in [6.45, 7) is 4.97. The number of hydrogen-bond donors (Lipinski definition) is 3. The molecule has 0 bridgehead atoms. The number of unbranched alkanes of at least 4 members (excludes halogenated alkanes) is 50. The van der Waals surface area contributed by atoms with Gasteiger partial charge >= 0.3 is 5.97 Å². The highest BCUT2D eigenvalue weighted by Gasteiger charge is 2.20. The molecule has 0 aliphatic heterocycles. The lowest BCUT2D eigenvalue weighted by atomic mass is 10.0. The number of aliphatic hydroxyl groups is 2. The molecule has 0 aliphatic carbocycles. The number of amides is 1. The van der Waals surface area contributed by atoms with Gasteiger partial charge in [-0.25, -0.2) is 0 Å². The van der Waals surface area contributed by atoms with Crippen LogP contribution in [0.1, 0.15) is 380 Å². The van der Waals surface area contributed by atoms with Gasteiger partial charge in [0.1, 0.15) is 0 Å². The first-order chi connectivity index (χ1) is 36.0. The lowest BCUT2D eigenvalue weighted by Crippen LogP contribution is -2.45. The predicted molar refractivity (Wildman–Crippen MR) is 320 cm³/mol. The van der Waals surface area contributed by atoms with Crippen LogP contribution in [0.2, 0.25) is 0 Å². The maximum Gasteiger partial charge on any atom is 0.305 e. The van der Waals surface area contributed by atoms with Gasteiger partial charge in [0.25, 0.3) is 0 Å². The van der Waals surface area contributed by atoms with Crippen LogP contribution in [0, 0.1) is 0 Å². The molecule has 0 heterocycles. The Hall–Kier alpha value is -1.40. The Morgan fingerprint density at radius 2 is 0.644 bits per heavy atom. The molecule has 0 rings (SSSR count). The molecule has 6 heteroatoms. The van der Waals surface area contributed by atoms with E-state index < -0.39 is 12.1 Å². The predicted octanol–water partition coefficient (Wildman–Crippen LogP) is 21.2. The summed E-state index contributed by atoms with van der Waals surface area (Å²) >= 11 is 0. The van der Waals surface area contributed by atoms with Crippen LogP contribution in [0.4, 0.5) is 0 Å². The highest BCUT2D eigenvalue weighted by atomic mass is 16.5. The lowest BCUT2D eigenvalue weighted by molar-refractivity contribution is -0.143. The number of esters is 1. The summed E-state index contributed by atoms with van der Waals surface area (Å²) in [5.41, 5.74) is 0. The fourth-order valence-electron chi connectivity index (χ4n) is 10.7. The van der Waals surface area contributed by atoms with E-state index in [0.29, 0.717) is 25.9 Å². The van der Waals surface area contributed by atoms with E-state index in [1.807, 2.05) is 0 Å². The Morgan fingerprint density at radius 1 is 0.370 bits per heavy atom. The van der Waals surface area contributed by atoms with E-state index in [4.69, 9.17) is 4.74 Å². The second-order valence-corrected chi connectivity index (χ2v) is 23.2. The van der Waals surface area contributed by atoms with Gasteiger partial charge in [-0.05, 0) is 51.4 Å². The quantitative estimate of drug-likeness (QED) is 0.0320. The van der Waals surface area contributed by atoms with E-state index in [9.17, 15) is 19.8 Å². The van der Waals surface area contributed by atoms with Crippen molar-refractivity contribution < 1.29 is 24.5 Å². The molecule has 0 aromatic heterocycles. The molecular weight excluding hydrogens is 899 g/mol. The van der Waals surface area contributed by atoms with Crippen LogP contribution in [-0.4, -0.2) is 47.4 Å². The zero-order valence-corrected chi connectivity index (χ0v) is 49.6. The first kappa shape index (κ1) is 71.6. The molecule has 73 heavy (non-hydrogen) atoms. The molecule has 0 aromatic carbocycles. The van der Waals surface area contributed by atoms with Crippen molar-refractivity contribution in [3.63, 3.8) is 0 Å². The number of allylic oxidation sites excluding steroid dienone is 2. The van der Waals surface area contributed by atoms with Crippen molar-refractivity contribution in [2.75, 3.05) is 13.2 Å². The largest absolute Gasteiger partial charge is 0.466 e. The van der Waals surface area contributed by atoms with Crippen LogP contribution in [-0.2, 0) is 14.3 Å². The number of ether oxygens (including phenoxy) is 1. The monoisotopic (exact) mass is 1030 g/mol. The molecule has 3 N–H and O–H groups in total. The van der Waals surface area contributed by atoms with Gasteiger partial charge in [0.2, 0.25) is 5.91 Å².